The van der Waals surface area contributed by atoms with Crippen LogP contribution in [0.25, 0.3) is 11.4 Å². The molecule has 1 aliphatic rings. The summed E-state index contributed by atoms with van der Waals surface area (Å²) in [6, 6.07) is 12.0. The van der Waals surface area contributed by atoms with E-state index in [0.29, 0.717) is 17.3 Å². The molecule has 0 spiro atoms. The number of piperidine rings is 1. The number of amides is 1. The number of carbonyl (C=O) groups is 1. The highest BCUT2D eigenvalue weighted by Gasteiger charge is 2.25. The summed E-state index contributed by atoms with van der Waals surface area (Å²) in [5.41, 5.74) is 3.31. The number of hydrogen-bond acceptors (Lipinski definition) is 5. The second-order valence-electron chi connectivity index (χ2n) is 7.89. The van der Waals surface area contributed by atoms with Gasteiger partial charge < -0.3 is 5.32 Å². The summed E-state index contributed by atoms with van der Waals surface area (Å²) in [6.45, 7) is 6.36. The van der Waals surface area contributed by atoms with Gasteiger partial charge in [0.2, 0.25) is 10.7 Å². The van der Waals surface area contributed by atoms with Crippen LogP contribution in [0, 0.1) is 24.5 Å². The quantitative estimate of drug-likeness (QED) is 0.609. The van der Waals surface area contributed by atoms with Gasteiger partial charge in [-0.05, 0) is 56.6 Å². The highest BCUT2D eigenvalue weighted by atomic mass is 32.1. The molecular weight excluding hydrogens is 396 g/mol. The maximum Gasteiger partial charge on any atom is 0.228 e. The Labute approximate surface area is 181 Å². The molecule has 0 aliphatic carbocycles. The van der Waals surface area contributed by atoms with Gasteiger partial charge in [0.15, 0.2) is 5.82 Å². The van der Waals surface area contributed by atoms with Crippen molar-refractivity contribution in [3.05, 3.63) is 58.5 Å². The van der Waals surface area contributed by atoms with Crippen molar-refractivity contribution in [1.82, 2.24) is 24.6 Å². The van der Waals surface area contributed by atoms with Crippen molar-refractivity contribution < 1.29 is 4.79 Å². The summed E-state index contributed by atoms with van der Waals surface area (Å²) >= 11 is 5.44. The van der Waals surface area contributed by atoms with Gasteiger partial charge in [-0.2, -0.15) is 4.98 Å². The first-order chi connectivity index (χ1) is 14.5. The number of H-pyrrole nitrogens is 1. The molecule has 2 N–H and O–H groups in total. The number of likely N-dealkylation sites (tertiary alicyclic amines) is 1. The Morgan fingerprint density at radius 3 is 2.60 bits per heavy atom. The third kappa shape index (κ3) is 4.83. The van der Waals surface area contributed by atoms with Crippen molar-refractivity contribution in [1.29, 1.82) is 0 Å². The summed E-state index contributed by atoms with van der Waals surface area (Å²) in [5.74, 6) is 1.45. The van der Waals surface area contributed by atoms with E-state index in [1.165, 1.54) is 5.56 Å². The van der Waals surface area contributed by atoms with Gasteiger partial charge in [-0.25, -0.2) is 9.67 Å². The number of carbonyl (C=O) groups excluding carboxylic acids is 1. The third-order valence-electron chi connectivity index (χ3n) is 5.47. The summed E-state index contributed by atoms with van der Waals surface area (Å²) in [4.78, 5) is 23.6. The van der Waals surface area contributed by atoms with E-state index < -0.39 is 0 Å². The van der Waals surface area contributed by atoms with Crippen molar-refractivity contribution in [3.8, 4) is 11.4 Å². The maximum absolute atomic E-state index is 12.6. The van der Waals surface area contributed by atoms with E-state index in [9.17, 15) is 4.79 Å². The first-order valence-corrected chi connectivity index (χ1v) is 10.6. The Morgan fingerprint density at radius 1 is 1.17 bits per heavy atom. The highest BCUT2D eigenvalue weighted by Crippen LogP contribution is 2.21. The zero-order valence-electron chi connectivity index (χ0n) is 17.3. The number of hydrogen-bond donors (Lipinski definition) is 2. The number of rotatable bonds is 5. The molecule has 0 radical (unpaired) electrons. The molecular formula is C22H26N6OS. The molecule has 1 saturated heterocycles. The Balaban J connectivity index is 1.33. The fourth-order valence-electron chi connectivity index (χ4n) is 3.66. The van der Waals surface area contributed by atoms with Crippen LogP contribution < -0.4 is 5.32 Å². The van der Waals surface area contributed by atoms with E-state index in [1.54, 1.807) is 6.20 Å². The number of aryl methyl sites for hydroxylation is 2. The maximum atomic E-state index is 12.6. The number of nitrogens with one attached hydrogen (secondary N) is 2. The molecule has 3 heterocycles. The van der Waals surface area contributed by atoms with E-state index in [4.69, 9.17) is 12.2 Å². The molecule has 1 amide bonds. The standard InChI is InChI=1S/C22H26N6OS/c1-15-3-5-17(6-4-15)20-25-22(30)28(26-20)14-27-11-8-18(9-12-27)21(29)24-19-13-16(2)7-10-23-19/h3-7,10,13,18H,8-9,11-12,14H2,1-2H3,(H,23,24,29)(H,25,26,30). The van der Waals surface area contributed by atoms with E-state index in [2.05, 4.69) is 44.3 Å². The Hall–Kier alpha value is -2.84. The molecule has 7 nitrogen and oxygen atoms in total. The van der Waals surface area contributed by atoms with Crippen molar-refractivity contribution in [2.75, 3.05) is 18.4 Å². The average molecular weight is 423 g/mol. The van der Waals surface area contributed by atoms with E-state index in [1.807, 2.05) is 35.9 Å². The lowest BCUT2D eigenvalue weighted by Crippen LogP contribution is -2.39. The second kappa shape index (κ2) is 8.89. The van der Waals surface area contributed by atoms with Crippen LogP contribution in [0.3, 0.4) is 0 Å². The molecule has 0 unspecified atom stereocenters. The largest absolute Gasteiger partial charge is 0.310 e. The third-order valence-corrected chi connectivity index (χ3v) is 5.78. The van der Waals surface area contributed by atoms with Crippen molar-refractivity contribution >= 4 is 23.9 Å². The van der Waals surface area contributed by atoms with Gasteiger partial charge in [0.25, 0.3) is 0 Å². The summed E-state index contributed by atoms with van der Waals surface area (Å²) < 4.78 is 2.43. The molecule has 2 aromatic heterocycles. The van der Waals surface area contributed by atoms with Crippen molar-refractivity contribution in [2.24, 2.45) is 5.92 Å². The lowest BCUT2D eigenvalue weighted by atomic mass is 9.96. The van der Waals surface area contributed by atoms with Gasteiger partial charge in [0.1, 0.15) is 5.82 Å². The van der Waals surface area contributed by atoms with Crippen molar-refractivity contribution in [3.63, 3.8) is 0 Å². The molecule has 8 heteroatoms. The Bertz CT molecular complexity index is 1080. The molecule has 4 rings (SSSR count). The fourth-order valence-corrected chi connectivity index (χ4v) is 3.86. The first kappa shape index (κ1) is 20.4. The minimum absolute atomic E-state index is 0.00132. The monoisotopic (exact) mass is 422 g/mol. The Kier molecular flexibility index (Phi) is 6.06. The van der Waals surface area contributed by atoms with Crippen LogP contribution in [0.15, 0.2) is 42.6 Å². The smallest absolute Gasteiger partial charge is 0.228 e. The van der Waals surface area contributed by atoms with Gasteiger partial charge in [0.05, 0.1) is 6.67 Å². The lowest BCUT2D eigenvalue weighted by Gasteiger charge is -2.31. The van der Waals surface area contributed by atoms with Gasteiger partial charge in [0, 0.05) is 30.8 Å². The minimum atomic E-state index is 0.00132. The predicted octanol–water partition coefficient (Wildman–Crippen LogP) is 3.93. The first-order valence-electron chi connectivity index (χ1n) is 10.2. The molecule has 1 fully saturated rings. The number of aromatic nitrogens is 4. The number of nitrogens with zero attached hydrogens (tertiary/aromatic N) is 4. The van der Waals surface area contributed by atoms with Crippen LogP contribution in [0.1, 0.15) is 24.0 Å². The summed E-state index contributed by atoms with van der Waals surface area (Å²) in [5, 5.41) is 6.25. The van der Waals surface area contributed by atoms with Crippen LogP contribution in [0.4, 0.5) is 5.82 Å². The lowest BCUT2D eigenvalue weighted by molar-refractivity contribution is -0.121. The molecule has 0 saturated carbocycles. The number of anilines is 1. The normalized spacial score (nSPS) is 15.3. The molecule has 1 aliphatic heterocycles. The molecule has 3 aromatic rings. The predicted molar refractivity (Wildman–Crippen MR) is 119 cm³/mol. The summed E-state index contributed by atoms with van der Waals surface area (Å²) in [7, 11) is 0. The van der Waals surface area contributed by atoms with Crippen molar-refractivity contribution in [2.45, 2.75) is 33.4 Å². The zero-order valence-corrected chi connectivity index (χ0v) is 18.1. The van der Waals surface area contributed by atoms with E-state index in [0.717, 1.165) is 42.9 Å². The van der Waals surface area contributed by atoms with Gasteiger partial charge in [-0.1, -0.05) is 29.8 Å². The number of benzene rings is 1. The second-order valence-corrected chi connectivity index (χ2v) is 8.26. The highest BCUT2D eigenvalue weighted by molar-refractivity contribution is 7.71. The SMILES string of the molecule is Cc1ccc(-c2nc(=S)n(CN3CCC(C(=O)Nc4cc(C)ccn4)CC3)[nH]2)cc1. The molecule has 1 aromatic carbocycles. The minimum Gasteiger partial charge on any atom is -0.310 e. The van der Waals surface area contributed by atoms with Gasteiger partial charge in [-0.3, -0.25) is 14.8 Å². The van der Waals surface area contributed by atoms with Crippen LogP contribution in [-0.4, -0.2) is 43.6 Å². The molecule has 0 atom stereocenters. The number of aromatic amines is 1. The summed E-state index contributed by atoms with van der Waals surface area (Å²) in [6.07, 6.45) is 3.33. The van der Waals surface area contributed by atoms with Crippen LogP contribution in [0.2, 0.25) is 0 Å². The molecule has 30 heavy (non-hydrogen) atoms. The van der Waals surface area contributed by atoms with Crippen LogP contribution >= 0.6 is 12.2 Å². The van der Waals surface area contributed by atoms with Gasteiger partial charge >= 0.3 is 0 Å². The number of pyridine rings is 1. The van der Waals surface area contributed by atoms with Gasteiger partial charge in [-0.15, -0.1) is 0 Å². The fraction of sp³-hybridized carbons (Fsp3) is 0.364. The zero-order chi connectivity index (χ0) is 21.1. The molecule has 156 valence electrons. The molecule has 0 bridgehead atoms. The van der Waals surface area contributed by atoms with Crippen LogP contribution in [0.5, 0.6) is 0 Å². The van der Waals surface area contributed by atoms with Crippen LogP contribution in [-0.2, 0) is 11.5 Å². The average Bonchev–Trinajstić information content (AvgIpc) is 3.09. The Morgan fingerprint density at radius 2 is 1.90 bits per heavy atom. The van der Waals surface area contributed by atoms with E-state index >= 15 is 0 Å². The topological polar surface area (TPSA) is 78.8 Å². The van der Waals surface area contributed by atoms with E-state index in [-0.39, 0.29) is 11.8 Å².